The molecule has 4 nitrogen and oxygen atoms in total. The van der Waals surface area contributed by atoms with Crippen LogP contribution in [0.5, 0.6) is 0 Å². The fourth-order valence-electron chi connectivity index (χ4n) is 2.18. The maximum absolute atomic E-state index is 4.43. The van der Waals surface area contributed by atoms with E-state index in [9.17, 15) is 0 Å². The molecule has 1 aliphatic rings. The lowest BCUT2D eigenvalue weighted by atomic mass is 10.1. The molecule has 1 saturated heterocycles. The summed E-state index contributed by atoms with van der Waals surface area (Å²) in [6, 6.07) is 0.997. The van der Waals surface area contributed by atoms with E-state index in [2.05, 4.69) is 41.0 Å². The average Bonchev–Trinajstić information content (AvgIpc) is 2.28. The van der Waals surface area contributed by atoms with Gasteiger partial charge in [0.25, 0.3) is 0 Å². The van der Waals surface area contributed by atoms with Crippen LogP contribution >= 0.6 is 0 Å². The molecule has 0 radical (unpaired) electrons. The summed E-state index contributed by atoms with van der Waals surface area (Å²) < 4.78 is 0. The second kappa shape index (κ2) is 4.78. The van der Waals surface area contributed by atoms with Crippen LogP contribution in [0.1, 0.15) is 26.3 Å². The lowest BCUT2D eigenvalue weighted by Gasteiger charge is -2.36. The van der Waals surface area contributed by atoms with Gasteiger partial charge in [0.1, 0.15) is 0 Å². The van der Waals surface area contributed by atoms with Crippen molar-refractivity contribution in [2.45, 2.75) is 39.3 Å². The number of anilines is 1. The van der Waals surface area contributed by atoms with Crippen molar-refractivity contribution < 1.29 is 0 Å². The molecule has 2 atom stereocenters. The summed E-state index contributed by atoms with van der Waals surface area (Å²) in [5.74, 6) is 0.859. The fraction of sp³-hybridized carbons (Fsp3) is 0.667. The third-order valence-electron chi connectivity index (χ3n) is 2.94. The molecule has 16 heavy (non-hydrogen) atoms. The third-order valence-corrected chi connectivity index (χ3v) is 2.94. The van der Waals surface area contributed by atoms with E-state index in [0.717, 1.165) is 25.5 Å². The molecule has 1 aromatic heterocycles. The Balaban J connectivity index is 2.10. The van der Waals surface area contributed by atoms with E-state index in [4.69, 9.17) is 0 Å². The minimum atomic E-state index is 0.498. The predicted molar refractivity (Wildman–Crippen MR) is 65.7 cm³/mol. The van der Waals surface area contributed by atoms with Crippen molar-refractivity contribution in [1.82, 2.24) is 15.3 Å². The van der Waals surface area contributed by atoms with E-state index in [1.807, 2.05) is 12.4 Å². The van der Waals surface area contributed by atoms with Gasteiger partial charge in [0.2, 0.25) is 5.95 Å². The monoisotopic (exact) mass is 220 g/mol. The summed E-state index contributed by atoms with van der Waals surface area (Å²) in [6.07, 6.45) is 4.86. The molecule has 88 valence electrons. The molecule has 4 heteroatoms. The zero-order chi connectivity index (χ0) is 11.5. The van der Waals surface area contributed by atoms with Crippen LogP contribution in [0.3, 0.4) is 0 Å². The van der Waals surface area contributed by atoms with E-state index in [-0.39, 0.29) is 0 Å². The lowest BCUT2D eigenvalue weighted by molar-refractivity contribution is 0.403. The minimum Gasteiger partial charge on any atom is -0.338 e. The quantitative estimate of drug-likeness (QED) is 0.814. The van der Waals surface area contributed by atoms with Crippen molar-refractivity contribution in [3.8, 4) is 0 Å². The van der Waals surface area contributed by atoms with Crippen LogP contribution in [-0.4, -0.2) is 35.1 Å². The Morgan fingerprint density at radius 3 is 2.31 bits per heavy atom. The molecule has 2 heterocycles. The molecular formula is C12H20N4. The van der Waals surface area contributed by atoms with Crippen LogP contribution in [0, 0.1) is 0 Å². The summed E-state index contributed by atoms with van der Waals surface area (Å²) in [5.41, 5.74) is 1.19. The van der Waals surface area contributed by atoms with Crippen molar-refractivity contribution in [3.63, 3.8) is 0 Å². The molecule has 1 aromatic rings. The van der Waals surface area contributed by atoms with Gasteiger partial charge in [0.15, 0.2) is 0 Å². The van der Waals surface area contributed by atoms with E-state index < -0.39 is 0 Å². The van der Waals surface area contributed by atoms with Crippen molar-refractivity contribution in [2.75, 3.05) is 18.0 Å². The molecule has 1 fully saturated rings. The molecular weight excluding hydrogens is 200 g/mol. The molecule has 2 rings (SSSR count). The van der Waals surface area contributed by atoms with Crippen molar-refractivity contribution in [3.05, 3.63) is 18.0 Å². The summed E-state index contributed by atoms with van der Waals surface area (Å²) in [4.78, 5) is 11.1. The van der Waals surface area contributed by atoms with Gasteiger partial charge < -0.3 is 10.2 Å². The highest BCUT2D eigenvalue weighted by molar-refractivity contribution is 5.31. The Morgan fingerprint density at radius 1 is 1.25 bits per heavy atom. The van der Waals surface area contributed by atoms with Gasteiger partial charge in [0, 0.05) is 37.6 Å². The van der Waals surface area contributed by atoms with E-state index in [1.54, 1.807) is 0 Å². The van der Waals surface area contributed by atoms with Crippen LogP contribution in [0.2, 0.25) is 0 Å². The zero-order valence-electron chi connectivity index (χ0n) is 10.3. The van der Waals surface area contributed by atoms with Gasteiger partial charge in [-0.15, -0.1) is 0 Å². The number of aryl methyl sites for hydroxylation is 1. The summed E-state index contributed by atoms with van der Waals surface area (Å²) in [5, 5.41) is 3.50. The van der Waals surface area contributed by atoms with Crippen LogP contribution in [0.15, 0.2) is 12.4 Å². The maximum Gasteiger partial charge on any atom is 0.225 e. The van der Waals surface area contributed by atoms with Crippen LogP contribution in [0.4, 0.5) is 5.95 Å². The molecule has 0 aromatic carbocycles. The molecule has 0 aliphatic carbocycles. The summed E-state index contributed by atoms with van der Waals surface area (Å²) in [6.45, 7) is 8.48. The van der Waals surface area contributed by atoms with Gasteiger partial charge in [-0.3, -0.25) is 0 Å². The molecule has 0 unspecified atom stereocenters. The Hall–Kier alpha value is -1.16. The molecule has 1 N–H and O–H groups in total. The SMILES string of the molecule is CCc1cnc(N2C[C@@H](C)N[C@@H](C)C2)nc1. The fourth-order valence-corrected chi connectivity index (χ4v) is 2.18. The topological polar surface area (TPSA) is 41.1 Å². The minimum absolute atomic E-state index is 0.498. The first-order valence-corrected chi connectivity index (χ1v) is 6.01. The first kappa shape index (κ1) is 11.3. The second-order valence-electron chi connectivity index (χ2n) is 4.62. The molecule has 0 saturated carbocycles. The van der Waals surface area contributed by atoms with Gasteiger partial charge in [-0.05, 0) is 25.8 Å². The smallest absolute Gasteiger partial charge is 0.225 e. The Morgan fingerprint density at radius 2 is 1.81 bits per heavy atom. The van der Waals surface area contributed by atoms with E-state index in [0.29, 0.717) is 12.1 Å². The number of aromatic nitrogens is 2. The number of rotatable bonds is 2. The number of nitrogens with zero attached hydrogens (tertiary/aromatic N) is 3. The van der Waals surface area contributed by atoms with Crippen LogP contribution in [-0.2, 0) is 6.42 Å². The predicted octanol–water partition coefficient (Wildman–Crippen LogP) is 1.23. The van der Waals surface area contributed by atoms with E-state index >= 15 is 0 Å². The highest BCUT2D eigenvalue weighted by Crippen LogP contribution is 2.12. The van der Waals surface area contributed by atoms with Crippen molar-refractivity contribution >= 4 is 5.95 Å². The Kier molecular flexibility index (Phi) is 3.39. The van der Waals surface area contributed by atoms with Gasteiger partial charge in [-0.1, -0.05) is 6.92 Å². The van der Waals surface area contributed by atoms with E-state index in [1.165, 1.54) is 5.56 Å². The largest absolute Gasteiger partial charge is 0.338 e. The standard InChI is InChI=1S/C12H20N4/c1-4-11-5-13-12(14-6-11)16-7-9(2)15-10(3)8-16/h5-6,9-10,15H,4,7-8H2,1-3H3/t9-,10+. The molecule has 1 aliphatic heterocycles. The highest BCUT2D eigenvalue weighted by atomic mass is 15.3. The number of hydrogen-bond acceptors (Lipinski definition) is 4. The Labute approximate surface area is 97.1 Å². The van der Waals surface area contributed by atoms with Crippen molar-refractivity contribution in [1.29, 1.82) is 0 Å². The van der Waals surface area contributed by atoms with Crippen molar-refractivity contribution in [2.24, 2.45) is 0 Å². The first-order valence-electron chi connectivity index (χ1n) is 6.01. The molecule has 0 spiro atoms. The molecule has 0 bridgehead atoms. The lowest BCUT2D eigenvalue weighted by Crippen LogP contribution is -2.54. The summed E-state index contributed by atoms with van der Waals surface area (Å²) >= 11 is 0. The first-order chi connectivity index (χ1) is 7.69. The van der Waals surface area contributed by atoms with Gasteiger partial charge in [-0.25, -0.2) is 9.97 Å². The number of nitrogens with one attached hydrogen (secondary N) is 1. The number of hydrogen-bond donors (Lipinski definition) is 1. The molecule has 0 amide bonds. The average molecular weight is 220 g/mol. The van der Waals surface area contributed by atoms with Gasteiger partial charge >= 0.3 is 0 Å². The normalized spacial score (nSPS) is 25.8. The summed E-state index contributed by atoms with van der Waals surface area (Å²) in [7, 11) is 0. The van der Waals surface area contributed by atoms with Gasteiger partial charge in [0.05, 0.1) is 0 Å². The maximum atomic E-state index is 4.43. The number of piperazine rings is 1. The Bertz CT molecular complexity index is 325. The third kappa shape index (κ3) is 2.50. The zero-order valence-corrected chi connectivity index (χ0v) is 10.3. The second-order valence-corrected chi connectivity index (χ2v) is 4.62. The van der Waals surface area contributed by atoms with Crippen LogP contribution in [0.25, 0.3) is 0 Å². The highest BCUT2D eigenvalue weighted by Gasteiger charge is 2.22. The van der Waals surface area contributed by atoms with Gasteiger partial charge in [-0.2, -0.15) is 0 Å². The van der Waals surface area contributed by atoms with Crippen LogP contribution < -0.4 is 10.2 Å².